The Hall–Kier alpha value is -3.03. The summed E-state index contributed by atoms with van der Waals surface area (Å²) in [6, 6.07) is 21.9. The van der Waals surface area contributed by atoms with E-state index in [4.69, 9.17) is 17.2 Å². The van der Waals surface area contributed by atoms with Gasteiger partial charge in [0.25, 0.3) is 0 Å². The molecule has 202 valence electrons. The van der Waals surface area contributed by atoms with Crippen LogP contribution in [-0.2, 0) is 5.41 Å². The molecule has 0 aliphatic carbocycles. The number of aromatic nitrogens is 4. The number of para-hydroxylation sites is 2. The summed E-state index contributed by atoms with van der Waals surface area (Å²) in [4.78, 5) is 14.3. The zero-order chi connectivity index (χ0) is 26.4. The Morgan fingerprint density at radius 1 is 0.949 bits per heavy atom. The second kappa shape index (κ2) is 10.2. The van der Waals surface area contributed by atoms with Crippen molar-refractivity contribution in [2.45, 2.75) is 75.4 Å². The predicted molar refractivity (Wildman–Crippen MR) is 160 cm³/mol. The van der Waals surface area contributed by atoms with Crippen LogP contribution in [0.1, 0.15) is 62.4 Å². The molecule has 3 atom stereocenters. The average molecular weight is 539 g/mol. The van der Waals surface area contributed by atoms with Crippen LogP contribution in [0.25, 0.3) is 11.0 Å². The molecule has 0 radical (unpaired) electrons. The number of hydrogen-bond acceptors (Lipinski definition) is 4. The molecular formula is C32H38N6S. The first kappa shape index (κ1) is 25.0. The highest BCUT2D eigenvalue weighted by atomic mass is 32.1. The van der Waals surface area contributed by atoms with Crippen LogP contribution in [0.4, 0.5) is 0 Å². The minimum atomic E-state index is 0.204. The maximum atomic E-state index is 5.81. The Labute approximate surface area is 236 Å². The SMILES string of the molecule is Cc1nc2ccccc2n1[C@H]1C[C@H]2CC[C@@H](C1)N2CCC1(c2ccccc2)CCN(C(=S)n2ccnc2)CC1. The zero-order valence-corrected chi connectivity index (χ0v) is 23.6. The Morgan fingerprint density at radius 3 is 2.38 bits per heavy atom. The van der Waals surface area contributed by atoms with Gasteiger partial charge in [0.1, 0.15) is 12.2 Å². The van der Waals surface area contributed by atoms with E-state index < -0.39 is 0 Å². The fraction of sp³-hybridized carbons (Fsp3) is 0.469. The number of likely N-dealkylation sites (tertiary alicyclic amines) is 1. The Balaban J connectivity index is 1.07. The van der Waals surface area contributed by atoms with Gasteiger partial charge in [-0.1, -0.05) is 42.5 Å². The van der Waals surface area contributed by atoms with Crippen LogP contribution in [0.3, 0.4) is 0 Å². The van der Waals surface area contributed by atoms with E-state index in [0.717, 1.165) is 42.4 Å². The summed E-state index contributed by atoms with van der Waals surface area (Å²) >= 11 is 5.81. The topological polar surface area (TPSA) is 42.1 Å². The summed E-state index contributed by atoms with van der Waals surface area (Å²) < 4.78 is 4.51. The number of rotatable bonds is 5. The number of benzene rings is 2. The van der Waals surface area contributed by atoms with Gasteiger partial charge in [0, 0.05) is 43.6 Å². The smallest absolute Gasteiger partial charge is 0.181 e. The third-order valence-corrected chi connectivity index (χ3v) is 10.4. The Morgan fingerprint density at radius 2 is 1.67 bits per heavy atom. The van der Waals surface area contributed by atoms with Gasteiger partial charge in [0.05, 0.1) is 11.0 Å². The van der Waals surface area contributed by atoms with Crippen molar-refractivity contribution in [1.29, 1.82) is 0 Å². The summed E-state index contributed by atoms with van der Waals surface area (Å²) in [5.74, 6) is 1.16. The van der Waals surface area contributed by atoms with Gasteiger partial charge in [0.2, 0.25) is 0 Å². The van der Waals surface area contributed by atoms with Crippen molar-refractivity contribution in [2.75, 3.05) is 19.6 Å². The zero-order valence-electron chi connectivity index (χ0n) is 22.8. The van der Waals surface area contributed by atoms with E-state index in [1.54, 1.807) is 6.20 Å². The van der Waals surface area contributed by atoms with Gasteiger partial charge < -0.3 is 9.47 Å². The highest BCUT2D eigenvalue weighted by Gasteiger charge is 2.44. The second-order valence-corrected chi connectivity index (χ2v) is 12.3. The molecule has 0 amide bonds. The van der Waals surface area contributed by atoms with E-state index >= 15 is 0 Å². The minimum Gasteiger partial charge on any atom is -0.348 e. The maximum Gasteiger partial charge on any atom is 0.181 e. The molecule has 3 fully saturated rings. The largest absolute Gasteiger partial charge is 0.348 e. The third kappa shape index (κ3) is 4.49. The van der Waals surface area contributed by atoms with Crippen LogP contribution in [0, 0.1) is 6.92 Å². The lowest BCUT2D eigenvalue weighted by molar-refractivity contribution is 0.0888. The normalized spacial score (nSPS) is 24.8. The standard InChI is InChI=1S/C32H38N6S/c1-24-34-29-9-5-6-10-30(29)38(24)28-21-26-11-12-27(22-28)37(26)19-15-32(25-7-3-2-4-8-25)13-17-35(18-14-32)31(39)36-20-16-33-23-36/h2-10,16,20,23,26-28H,11-15,17-19,21-22H2,1H3/t26-,27+,28+. The van der Waals surface area contributed by atoms with Crippen LogP contribution >= 0.6 is 12.2 Å². The lowest BCUT2D eigenvalue weighted by Crippen LogP contribution is -2.49. The van der Waals surface area contributed by atoms with Gasteiger partial charge in [-0.05, 0) is 93.7 Å². The molecule has 5 heterocycles. The van der Waals surface area contributed by atoms with Gasteiger partial charge in [0.15, 0.2) is 5.11 Å². The van der Waals surface area contributed by atoms with Crippen LogP contribution in [-0.4, -0.2) is 65.7 Å². The van der Waals surface area contributed by atoms with Crippen molar-refractivity contribution in [3.8, 4) is 0 Å². The average Bonchev–Trinajstić information content (AvgIpc) is 3.68. The number of imidazole rings is 2. The van der Waals surface area contributed by atoms with Gasteiger partial charge in [-0.15, -0.1) is 0 Å². The molecule has 0 saturated carbocycles. The molecule has 7 heteroatoms. The van der Waals surface area contributed by atoms with Crippen molar-refractivity contribution >= 4 is 28.4 Å². The number of aryl methyl sites for hydroxylation is 1. The van der Waals surface area contributed by atoms with Crippen molar-refractivity contribution < 1.29 is 0 Å². The molecule has 2 aromatic carbocycles. The molecule has 6 nitrogen and oxygen atoms in total. The molecule has 39 heavy (non-hydrogen) atoms. The molecule has 3 saturated heterocycles. The lowest BCUT2D eigenvalue weighted by Gasteiger charge is -2.46. The molecule has 7 rings (SSSR count). The highest BCUT2D eigenvalue weighted by Crippen LogP contribution is 2.45. The van der Waals surface area contributed by atoms with Gasteiger partial charge in [-0.25, -0.2) is 9.97 Å². The number of nitrogens with zero attached hydrogens (tertiary/aromatic N) is 6. The van der Waals surface area contributed by atoms with Gasteiger partial charge in [-0.2, -0.15) is 0 Å². The highest BCUT2D eigenvalue weighted by molar-refractivity contribution is 7.80. The number of piperidine rings is 2. The lowest BCUT2D eigenvalue weighted by atomic mass is 9.70. The van der Waals surface area contributed by atoms with E-state index in [-0.39, 0.29) is 5.41 Å². The van der Waals surface area contributed by atoms with E-state index in [0.29, 0.717) is 18.1 Å². The second-order valence-electron chi connectivity index (χ2n) is 11.9. The molecule has 0 unspecified atom stereocenters. The summed E-state index contributed by atoms with van der Waals surface area (Å²) in [5.41, 5.74) is 4.14. The monoisotopic (exact) mass is 538 g/mol. The Kier molecular flexibility index (Phi) is 6.52. The molecule has 3 aliphatic heterocycles. The van der Waals surface area contributed by atoms with E-state index in [1.165, 1.54) is 49.7 Å². The fourth-order valence-corrected chi connectivity index (χ4v) is 8.22. The first-order chi connectivity index (χ1) is 19.1. The molecule has 0 N–H and O–H groups in total. The van der Waals surface area contributed by atoms with Gasteiger partial charge >= 0.3 is 0 Å². The van der Waals surface area contributed by atoms with Crippen molar-refractivity contribution in [2.24, 2.45) is 0 Å². The van der Waals surface area contributed by atoms with E-state index in [9.17, 15) is 0 Å². The molecule has 3 aliphatic rings. The minimum absolute atomic E-state index is 0.204. The quantitative estimate of drug-likeness (QED) is 0.293. The summed E-state index contributed by atoms with van der Waals surface area (Å²) in [6.45, 7) is 5.36. The first-order valence-electron chi connectivity index (χ1n) is 14.6. The van der Waals surface area contributed by atoms with E-state index in [1.807, 2.05) is 17.1 Å². The number of thiocarbonyl (C=S) groups is 1. The van der Waals surface area contributed by atoms with Crippen LogP contribution in [0.5, 0.6) is 0 Å². The van der Waals surface area contributed by atoms with E-state index in [2.05, 4.69) is 80.9 Å². The summed E-state index contributed by atoms with van der Waals surface area (Å²) in [7, 11) is 0. The Bertz CT molecular complexity index is 1420. The number of hydrogen-bond donors (Lipinski definition) is 0. The van der Waals surface area contributed by atoms with Crippen LogP contribution < -0.4 is 0 Å². The third-order valence-electron chi connectivity index (χ3n) is 9.95. The molecule has 0 spiro atoms. The van der Waals surface area contributed by atoms with Crippen LogP contribution in [0.2, 0.25) is 0 Å². The van der Waals surface area contributed by atoms with Crippen molar-refractivity contribution in [1.82, 2.24) is 28.9 Å². The van der Waals surface area contributed by atoms with Crippen LogP contribution in [0.15, 0.2) is 73.3 Å². The van der Waals surface area contributed by atoms with Gasteiger partial charge in [-0.3, -0.25) is 9.47 Å². The maximum absolute atomic E-state index is 5.81. The molecule has 2 aromatic heterocycles. The van der Waals surface area contributed by atoms with Crippen molar-refractivity contribution in [3.05, 3.63) is 84.7 Å². The predicted octanol–water partition coefficient (Wildman–Crippen LogP) is 5.97. The molecular weight excluding hydrogens is 500 g/mol. The fourth-order valence-electron chi connectivity index (χ4n) is 7.93. The first-order valence-corrected chi connectivity index (χ1v) is 15.0. The molecule has 4 aromatic rings. The summed E-state index contributed by atoms with van der Waals surface area (Å²) in [6.07, 6.45) is 14.2. The summed E-state index contributed by atoms with van der Waals surface area (Å²) in [5, 5.41) is 0.872. The van der Waals surface area contributed by atoms with Crippen molar-refractivity contribution in [3.63, 3.8) is 0 Å². The number of fused-ring (bicyclic) bond motifs is 3. The molecule has 2 bridgehead atoms.